The van der Waals surface area contributed by atoms with Gasteiger partial charge in [0.25, 0.3) is 5.91 Å². The van der Waals surface area contributed by atoms with Crippen molar-refractivity contribution in [1.29, 1.82) is 5.26 Å². The van der Waals surface area contributed by atoms with Crippen LogP contribution in [0.4, 0.5) is 14.5 Å². The Morgan fingerprint density at radius 2 is 2.10 bits per heavy atom. The molecular weight excluding hydrogens is 408 g/mol. The summed E-state index contributed by atoms with van der Waals surface area (Å²) < 4.78 is 36.4. The molecule has 2 heterocycles. The van der Waals surface area contributed by atoms with Crippen LogP contribution in [0.15, 0.2) is 36.7 Å². The summed E-state index contributed by atoms with van der Waals surface area (Å²) in [5.74, 6) is -2.13. The van der Waals surface area contributed by atoms with Crippen LogP contribution >= 0.6 is 0 Å². The Morgan fingerprint density at radius 3 is 2.74 bits per heavy atom. The third kappa shape index (κ3) is 6.20. The fourth-order valence-electron chi connectivity index (χ4n) is 3.18. The molecule has 2 unspecified atom stereocenters. The number of aliphatic hydroxyl groups is 1. The number of pyridine rings is 1. The highest BCUT2D eigenvalue weighted by atomic mass is 19.2. The van der Waals surface area contributed by atoms with Gasteiger partial charge < -0.3 is 19.9 Å². The van der Waals surface area contributed by atoms with E-state index in [-0.39, 0.29) is 30.0 Å². The normalized spacial score (nSPS) is 24.2. The minimum atomic E-state index is -0.964. The highest BCUT2D eigenvalue weighted by Crippen LogP contribution is 2.28. The number of aliphatic hydroxyl groups excluding tert-OH is 1. The summed E-state index contributed by atoms with van der Waals surface area (Å²) in [5, 5.41) is 20.4. The van der Waals surface area contributed by atoms with E-state index in [9.17, 15) is 13.6 Å². The summed E-state index contributed by atoms with van der Waals surface area (Å²) in [4.78, 5) is 15.7. The van der Waals surface area contributed by atoms with E-state index in [4.69, 9.17) is 19.8 Å². The minimum Gasteiger partial charge on any atom is -0.487 e. The number of nitrogens with zero attached hydrogens (tertiary/aromatic N) is 2. The molecule has 0 radical (unpaired) electrons. The van der Waals surface area contributed by atoms with E-state index in [1.165, 1.54) is 24.5 Å². The van der Waals surface area contributed by atoms with E-state index >= 15 is 0 Å². The predicted molar refractivity (Wildman–Crippen MR) is 107 cm³/mol. The molecule has 2 N–H and O–H groups in total. The molecule has 2 fully saturated rings. The number of halogens is 2. The van der Waals surface area contributed by atoms with Gasteiger partial charge in [0.2, 0.25) is 5.82 Å². The lowest BCUT2D eigenvalue weighted by molar-refractivity contribution is -0.126. The molecule has 9 heteroatoms. The molecule has 4 rings (SSSR count). The second kappa shape index (κ2) is 10.3. The van der Waals surface area contributed by atoms with Crippen molar-refractivity contribution in [3.05, 3.63) is 53.9 Å². The number of nitrogens with one attached hydrogen (secondary N) is 1. The van der Waals surface area contributed by atoms with Crippen LogP contribution in [-0.4, -0.2) is 40.4 Å². The lowest BCUT2D eigenvalue weighted by Gasteiger charge is -2.31. The summed E-state index contributed by atoms with van der Waals surface area (Å²) in [6.07, 6.45) is 4.74. The first-order valence-corrected chi connectivity index (χ1v) is 9.96. The number of ether oxygens (including phenoxy) is 2. The number of benzene rings is 1. The highest BCUT2D eigenvalue weighted by molar-refractivity contribution is 5.94. The predicted octanol–water partition coefficient (Wildman–Crippen LogP) is 3.33. The van der Waals surface area contributed by atoms with Crippen molar-refractivity contribution in [1.82, 2.24) is 4.98 Å². The first kappa shape index (κ1) is 22.6. The SMILES string of the molecule is CC1CCC(C(=O)Nc2cncc(C#N)c2)O1.OC1CC(Oc2cccc(F)c2F)C1. The maximum absolute atomic E-state index is 13.1. The van der Waals surface area contributed by atoms with Gasteiger partial charge in [-0.2, -0.15) is 9.65 Å². The van der Waals surface area contributed by atoms with E-state index in [2.05, 4.69) is 10.3 Å². The molecule has 164 valence electrons. The molecular formula is C22H23F2N3O4. The first-order valence-electron chi connectivity index (χ1n) is 9.96. The molecule has 1 amide bonds. The average Bonchev–Trinajstić information content (AvgIpc) is 3.17. The van der Waals surface area contributed by atoms with E-state index in [0.717, 1.165) is 18.9 Å². The summed E-state index contributed by atoms with van der Waals surface area (Å²) in [6, 6.07) is 7.37. The fourth-order valence-corrected chi connectivity index (χ4v) is 3.18. The summed E-state index contributed by atoms with van der Waals surface area (Å²) >= 11 is 0. The molecule has 2 aromatic rings. The summed E-state index contributed by atoms with van der Waals surface area (Å²) in [5.41, 5.74) is 0.945. The second-order valence-corrected chi connectivity index (χ2v) is 7.49. The van der Waals surface area contributed by atoms with Gasteiger partial charge in [0.1, 0.15) is 18.3 Å². The van der Waals surface area contributed by atoms with Gasteiger partial charge in [-0.25, -0.2) is 4.39 Å². The average molecular weight is 431 g/mol. The fraction of sp³-hybridized carbons (Fsp3) is 0.409. The van der Waals surface area contributed by atoms with Gasteiger partial charge in [0.05, 0.1) is 29.7 Å². The number of amides is 1. The van der Waals surface area contributed by atoms with E-state index in [1.807, 2.05) is 13.0 Å². The highest BCUT2D eigenvalue weighted by Gasteiger charge is 2.30. The van der Waals surface area contributed by atoms with Crippen molar-refractivity contribution in [2.75, 3.05) is 5.32 Å². The topological polar surface area (TPSA) is 104 Å². The van der Waals surface area contributed by atoms with Crippen LogP contribution in [0.2, 0.25) is 0 Å². The molecule has 1 aliphatic heterocycles. The number of hydrogen-bond donors (Lipinski definition) is 2. The molecule has 1 saturated heterocycles. The van der Waals surface area contributed by atoms with Gasteiger partial charge in [0, 0.05) is 19.0 Å². The third-order valence-electron chi connectivity index (χ3n) is 4.94. The largest absolute Gasteiger partial charge is 0.487 e. The maximum atomic E-state index is 13.1. The third-order valence-corrected chi connectivity index (χ3v) is 4.94. The second-order valence-electron chi connectivity index (χ2n) is 7.49. The van der Waals surface area contributed by atoms with E-state index in [0.29, 0.717) is 24.1 Å². The number of carbonyl (C=O) groups is 1. The van der Waals surface area contributed by atoms with Crippen molar-refractivity contribution in [3.8, 4) is 11.8 Å². The first-order chi connectivity index (χ1) is 14.9. The lowest BCUT2D eigenvalue weighted by Crippen LogP contribution is -2.37. The van der Waals surface area contributed by atoms with Crippen molar-refractivity contribution < 1.29 is 28.2 Å². The molecule has 1 aromatic carbocycles. The molecule has 1 aliphatic carbocycles. The minimum absolute atomic E-state index is 0.0816. The Labute approximate surface area is 178 Å². The smallest absolute Gasteiger partial charge is 0.253 e. The van der Waals surface area contributed by atoms with E-state index < -0.39 is 17.7 Å². The number of aromatic nitrogens is 1. The molecule has 7 nitrogen and oxygen atoms in total. The van der Waals surface area contributed by atoms with Crippen LogP contribution in [0.1, 0.15) is 38.2 Å². The molecule has 31 heavy (non-hydrogen) atoms. The van der Waals surface area contributed by atoms with Gasteiger partial charge in [0.15, 0.2) is 11.6 Å². The quantitative estimate of drug-likeness (QED) is 0.770. The molecule has 2 aliphatic rings. The van der Waals surface area contributed by atoms with Crippen LogP contribution in [0.25, 0.3) is 0 Å². The van der Waals surface area contributed by atoms with Gasteiger partial charge >= 0.3 is 0 Å². The van der Waals surface area contributed by atoms with Crippen LogP contribution < -0.4 is 10.1 Å². The van der Waals surface area contributed by atoms with E-state index in [1.54, 1.807) is 6.07 Å². The van der Waals surface area contributed by atoms with Gasteiger partial charge in [-0.15, -0.1) is 0 Å². The van der Waals surface area contributed by atoms with Crippen LogP contribution in [-0.2, 0) is 9.53 Å². The molecule has 0 bridgehead atoms. The van der Waals surface area contributed by atoms with Crippen molar-refractivity contribution in [3.63, 3.8) is 0 Å². The Balaban J connectivity index is 0.000000179. The summed E-state index contributed by atoms with van der Waals surface area (Å²) in [6.45, 7) is 1.95. The Kier molecular flexibility index (Phi) is 7.50. The number of hydrogen-bond acceptors (Lipinski definition) is 6. The number of anilines is 1. The monoisotopic (exact) mass is 431 g/mol. The Morgan fingerprint density at radius 1 is 1.32 bits per heavy atom. The zero-order valence-corrected chi connectivity index (χ0v) is 16.9. The molecule has 2 atom stereocenters. The maximum Gasteiger partial charge on any atom is 0.253 e. The lowest BCUT2D eigenvalue weighted by atomic mass is 9.92. The van der Waals surface area contributed by atoms with Crippen molar-refractivity contribution >= 4 is 11.6 Å². The number of carbonyl (C=O) groups excluding carboxylic acids is 1. The van der Waals surface area contributed by atoms with Crippen LogP contribution in [0, 0.1) is 23.0 Å². The van der Waals surface area contributed by atoms with Crippen LogP contribution in [0.3, 0.4) is 0 Å². The van der Waals surface area contributed by atoms with Crippen molar-refractivity contribution in [2.45, 2.75) is 57.0 Å². The number of nitriles is 1. The Hall–Kier alpha value is -3.09. The Bertz CT molecular complexity index is 960. The van der Waals surface area contributed by atoms with Crippen molar-refractivity contribution in [2.24, 2.45) is 0 Å². The zero-order chi connectivity index (χ0) is 22.4. The molecule has 1 saturated carbocycles. The standard InChI is InChI=1S/C12H13N3O2.C10H10F2O2/c1-8-2-3-11(17-8)12(16)15-10-4-9(5-13)6-14-7-10;11-8-2-1-3-9(10(8)12)14-7-4-6(13)5-7/h4,6-8,11H,2-3H2,1H3,(H,15,16);1-3,6-7,13H,4-5H2. The van der Waals surface area contributed by atoms with Gasteiger partial charge in [-0.1, -0.05) is 6.07 Å². The van der Waals surface area contributed by atoms with Gasteiger partial charge in [-0.3, -0.25) is 9.78 Å². The molecule has 0 spiro atoms. The van der Waals surface area contributed by atoms with Crippen LogP contribution in [0.5, 0.6) is 5.75 Å². The molecule has 1 aromatic heterocycles. The number of rotatable bonds is 4. The summed E-state index contributed by atoms with van der Waals surface area (Å²) in [7, 11) is 0. The van der Waals surface area contributed by atoms with Gasteiger partial charge in [-0.05, 0) is 38.0 Å². The zero-order valence-electron chi connectivity index (χ0n) is 16.9.